The summed E-state index contributed by atoms with van der Waals surface area (Å²) >= 11 is 12.0. The Morgan fingerprint density at radius 2 is 1.93 bits per heavy atom. The quantitative estimate of drug-likeness (QED) is 0.606. The number of aromatic nitrogens is 2. The van der Waals surface area contributed by atoms with Gasteiger partial charge in [0.1, 0.15) is 5.56 Å². The summed E-state index contributed by atoms with van der Waals surface area (Å²) in [6.45, 7) is 3.63. The number of aromatic carboxylic acids is 1. The second-order valence-electron chi connectivity index (χ2n) is 7.20. The molecular formula is C21H20Cl2N2O4. The van der Waals surface area contributed by atoms with Gasteiger partial charge in [-0.15, -0.1) is 0 Å². The van der Waals surface area contributed by atoms with Gasteiger partial charge in [0.25, 0.3) is 0 Å². The zero-order chi connectivity index (χ0) is 21.3. The molecule has 2 heterocycles. The van der Waals surface area contributed by atoms with Crippen LogP contribution in [0.5, 0.6) is 0 Å². The predicted molar refractivity (Wildman–Crippen MR) is 113 cm³/mol. The average molecular weight is 435 g/mol. The van der Waals surface area contributed by atoms with Crippen molar-refractivity contribution in [3.63, 3.8) is 0 Å². The Labute approximate surface area is 177 Å². The Hall–Kier alpha value is -2.41. The van der Waals surface area contributed by atoms with Crippen molar-refractivity contribution in [3.8, 4) is 0 Å². The fourth-order valence-electron chi connectivity index (χ4n) is 3.29. The number of aliphatic hydroxyl groups is 1. The molecule has 0 bridgehead atoms. The third-order valence-corrected chi connectivity index (χ3v) is 5.63. The number of carbonyl (C=O) groups is 1. The molecule has 0 aliphatic rings. The lowest BCUT2D eigenvalue weighted by atomic mass is 10.0. The normalized spacial score (nSPS) is 12.5. The number of halogens is 2. The summed E-state index contributed by atoms with van der Waals surface area (Å²) < 4.78 is 1.63. The summed E-state index contributed by atoms with van der Waals surface area (Å²) in [5.74, 6) is -1.29. The second kappa shape index (κ2) is 8.53. The molecule has 6 nitrogen and oxygen atoms in total. The first-order chi connectivity index (χ1) is 13.7. The largest absolute Gasteiger partial charge is 0.477 e. The Morgan fingerprint density at radius 3 is 2.52 bits per heavy atom. The minimum atomic E-state index is -1.31. The molecule has 0 saturated heterocycles. The zero-order valence-electron chi connectivity index (χ0n) is 15.9. The number of benzene rings is 1. The number of aliphatic hydroxyl groups excluding tert-OH is 1. The lowest BCUT2D eigenvalue weighted by Gasteiger charge is -2.24. The van der Waals surface area contributed by atoms with Gasteiger partial charge in [-0.2, -0.15) is 0 Å². The molecule has 0 saturated carbocycles. The van der Waals surface area contributed by atoms with Gasteiger partial charge in [0.05, 0.1) is 34.4 Å². The van der Waals surface area contributed by atoms with Gasteiger partial charge in [-0.05, 0) is 29.7 Å². The highest BCUT2D eigenvalue weighted by molar-refractivity contribution is 6.42. The Kier molecular flexibility index (Phi) is 6.27. The van der Waals surface area contributed by atoms with E-state index in [1.165, 1.54) is 6.20 Å². The number of pyridine rings is 2. The lowest BCUT2D eigenvalue weighted by molar-refractivity contribution is 0.0694. The average Bonchev–Trinajstić information content (AvgIpc) is 2.66. The van der Waals surface area contributed by atoms with E-state index >= 15 is 0 Å². The highest BCUT2D eigenvalue weighted by atomic mass is 35.5. The molecule has 0 fully saturated rings. The number of carboxylic acid groups (broad SMARTS) is 1. The van der Waals surface area contributed by atoms with Gasteiger partial charge < -0.3 is 14.8 Å². The predicted octanol–water partition coefficient (Wildman–Crippen LogP) is 4.18. The van der Waals surface area contributed by atoms with Crippen LogP contribution in [-0.4, -0.2) is 32.3 Å². The molecule has 2 aromatic heterocycles. The van der Waals surface area contributed by atoms with Crippen LogP contribution in [0.3, 0.4) is 0 Å². The van der Waals surface area contributed by atoms with Gasteiger partial charge in [0, 0.05) is 23.7 Å². The number of carboxylic acids is 1. The molecular weight excluding hydrogens is 415 g/mol. The first-order valence-electron chi connectivity index (χ1n) is 9.04. The molecule has 3 aromatic rings. The molecule has 0 radical (unpaired) electrons. The van der Waals surface area contributed by atoms with Crippen molar-refractivity contribution in [3.05, 3.63) is 73.7 Å². The van der Waals surface area contributed by atoms with E-state index in [4.69, 9.17) is 23.2 Å². The third-order valence-electron chi connectivity index (χ3n) is 4.89. The summed E-state index contributed by atoms with van der Waals surface area (Å²) in [7, 11) is 0. The maximum Gasteiger partial charge on any atom is 0.341 e. The van der Waals surface area contributed by atoms with Crippen LogP contribution < -0.4 is 5.43 Å². The van der Waals surface area contributed by atoms with E-state index in [1.54, 1.807) is 29.0 Å². The van der Waals surface area contributed by atoms with Crippen LogP contribution in [0.2, 0.25) is 10.0 Å². The van der Waals surface area contributed by atoms with Gasteiger partial charge in [-0.3, -0.25) is 9.78 Å². The monoisotopic (exact) mass is 434 g/mol. The molecule has 3 rings (SSSR count). The Bertz CT molecular complexity index is 1140. The molecule has 1 aromatic carbocycles. The zero-order valence-corrected chi connectivity index (χ0v) is 17.4. The van der Waals surface area contributed by atoms with E-state index in [9.17, 15) is 19.8 Å². The van der Waals surface area contributed by atoms with Crippen LogP contribution in [0.15, 0.2) is 41.5 Å². The molecule has 152 valence electrons. The van der Waals surface area contributed by atoms with Crippen molar-refractivity contribution in [2.45, 2.75) is 26.3 Å². The van der Waals surface area contributed by atoms with E-state index < -0.39 is 11.4 Å². The summed E-state index contributed by atoms with van der Waals surface area (Å²) in [6.07, 6.45) is 3.23. The summed E-state index contributed by atoms with van der Waals surface area (Å²) in [4.78, 5) is 28.9. The Balaban J connectivity index is 2.18. The molecule has 0 aliphatic heterocycles. The Morgan fingerprint density at radius 1 is 1.21 bits per heavy atom. The smallest absolute Gasteiger partial charge is 0.341 e. The number of hydrogen-bond donors (Lipinski definition) is 2. The fourth-order valence-corrected chi connectivity index (χ4v) is 3.61. The third kappa shape index (κ3) is 4.29. The molecule has 0 amide bonds. The van der Waals surface area contributed by atoms with Crippen molar-refractivity contribution in [2.75, 3.05) is 6.61 Å². The summed E-state index contributed by atoms with van der Waals surface area (Å²) in [5.41, 5.74) is 1.000. The summed E-state index contributed by atoms with van der Waals surface area (Å²) in [5, 5.41) is 20.4. The van der Waals surface area contributed by atoms with Gasteiger partial charge >= 0.3 is 5.97 Å². The second-order valence-corrected chi connectivity index (χ2v) is 8.01. The SMILES string of the molecule is CC(C)[C@@H](CO)n1cc(C(=O)O)c(=O)c2cc(Cc3ccc(Cl)c(Cl)c3)ncc21. The molecule has 2 N–H and O–H groups in total. The van der Waals surface area contributed by atoms with Crippen LogP contribution in [-0.2, 0) is 6.42 Å². The van der Waals surface area contributed by atoms with E-state index in [0.717, 1.165) is 5.56 Å². The van der Waals surface area contributed by atoms with Gasteiger partial charge in [0.2, 0.25) is 5.43 Å². The van der Waals surface area contributed by atoms with Crippen molar-refractivity contribution in [2.24, 2.45) is 5.92 Å². The first kappa shape index (κ1) is 21.3. The fraction of sp³-hybridized carbons (Fsp3) is 0.286. The van der Waals surface area contributed by atoms with Gasteiger partial charge in [0.15, 0.2) is 0 Å². The number of fused-ring (bicyclic) bond motifs is 1. The first-order valence-corrected chi connectivity index (χ1v) is 9.80. The molecule has 29 heavy (non-hydrogen) atoms. The standard InChI is InChI=1S/C21H20Cl2N2O4/c1-11(2)19(10-26)25-9-15(21(28)29)20(27)14-7-13(24-8-18(14)25)5-12-3-4-16(22)17(23)6-12/h3-4,6-9,11,19,26H,5,10H2,1-2H3,(H,28,29)/t19-/m1/s1. The van der Waals surface area contributed by atoms with E-state index in [-0.39, 0.29) is 29.5 Å². The van der Waals surface area contributed by atoms with Crippen LogP contribution in [0, 0.1) is 5.92 Å². The van der Waals surface area contributed by atoms with Gasteiger partial charge in [-0.25, -0.2) is 4.79 Å². The van der Waals surface area contributed by atoms with Crippen LogP contribution >= 0.6 is 23.2 Å². The van der Waals surface area contributed by atoms with E-state index in [1.807, 2.05) is 19.9 Å². The van der Waals surface area contributed by atoms with E-state index in [2.05, 4.69) is 4.98 Å². The van der Waals surface area contributed by atoms with Crippen molar-refractivity contribution in [1.29, 1.82) is 0 Å². The molecule has 0 aliphatic carbocycles. The highest BCUT2D eigenvalue weighted by Crippen LogP contribution is 2.26. The minimum Gasteiger partial charge on any atom is -0.477 e. The maximum absolute atomic E-state index is 12.8. The highest BCUT2D eigenvalue weighted by Gasteiger charge is 2.21. The minimum absolute atomic E-state index is 0.0169. The number of hydrogen-bond acceptors (Lipinski definition) is 4. The molecule has 1 atom stereocenters. The van der Waals surface area contributed by atoms with Crippen molar-refractivity contribution >= 4 is 40.1 Å². The lowest BCUT2D eigenvalue weighted by Crippen LogP contribution is -2.25. The summed E-state index contributed by atoms with van der Waals surface area (Å²) in [6, 6.07) is 6.43. The van der Waals surface area contributed by atoms with Crippen LogP contribution in [0.25, 0.3) is 10.9 Å². The number of nitrogens with zero attached hydrogens (tertiary/aromatic N) is 2. The topological polar surface area (TPSA) is 92.4 Å². The maximum atomic E-state index is 12.8. The van der Waals surface area contributed by atoms with E-state index in [0.29, 0.717) is 27.7 Å². The molecule has 8 heteroatoms. The van der Waals surface area contributed by atoms with Crippen molar-refractivity contribution < 1.29 is 15.0 Å². The van der Waals surface area contributed by atoms with Crippen LogP contribution in [0.4, 0.5) is 0 Å². The molecule has 0 spiro atoms. The van der Waals surface area contributed by atoms with Crippen molar-refractivity contribution in [1.82, 2.24) is 9.55 Å². The number of rotatable bonds is 6. The van der Waals surface area contributed by atoms with Crippen LogP contribution in [0.1, 0.15) is 41.5 Å². The molecule has 0 unspecified atom stereocenters. The van der Waals surface area contributed by atoms with Gasteiger partial charge in [-0.1, -0.05) is 43.1 Å².